The van der Waals surface area contributed by atoms with E-state index in [0.717, 1.165) is 45.0 Å². The molecule has 2 heterocycles. The molecule has 0 spiro atoms. The van der Waals surface area contributed by atoms with Gasteiger partial charge in [0.25, 0.3) is 5.69 Å². The number of hydrogen-bond acceptors (Lipinski definition) is 5. The quantitative estimate of drug-likeness (QED) is 0.574. The molecule has 17 heavy (non-hydrogen) atoms. The zero-order valence-electron chi connectivity index (χ0n) is 9.54. The third-order valence-corrected chi connectivity index (χ3v) is 2.81. The Morgan fingerprint density at radius 1 is 1.41 bits per heavy atom. The summed E-state index contributed by atoms with van der Waals surface area (Å²) in [6.07, 6.45) is 2.13. The maximum absolute atomic E-state index is 10.5. The summed E-state index contributed by atoms with van der Waals surface area (Å²) in [4.78, 5) is 16.4. The van der Waals surface area contributed by atoms with E-state index in [9.17, 15) is 10.1 Å². The van der Waals surface area contributed by atoms with Crippen LogP contribution in [0, 0.1) is 10.1 Å². The lowest BCUT2D eigenvalue weighted by atomic mass is 10.2. The highest BCUT2D eigenvalue weighted by Gasteiger charge is 2.11. The standard InChI is InChI=1S/C11H15N3O3/c15-14(16)11-2-1-10(12-9-11)3-4-13-5-7-17-8-6-13/h1-2,9H,3-8H2. The molecule has 1 aliphatic heterocycles. The van der Waals surface area contributed by atoms with Gasteiger partial charge in [-0.2, -0.15) is 0 Å². The first-order valence-electron chi connectivity index (χ1n) is 5.65. The monoisotopic (exact) mass is 237 g/mol. The van der Waals surface area contributed by atoms with Gasteiger partial charge in [-0.05, 0) is 6.07 Å². The fraction of sp³-hybridized carbons (Fsp3) is 0.545. The van der Waals surface area contributed by atoms with Crippen molar-refractivity contribution in [2.45, 2.75) is 6.42 Å². The molecule has 1 aliphatic rings. The van der Waals surface area contributed by atoms with Crippen molar-refractivity contribution in [3.63, 3.8) is 0 Å². The molecule has 6 heteroatoms. The van der Waals surface area contributed by atoms with Gasteiger partial charge in [-0.1, -0.05) is 0 Å². The topological polar surface area (TPSA) is 68.5 Å². The lowest BCUT2D eigenvalue weighted by molar-refractivity contribution is -0.385. The van der Waals surface area contributed by atoms with E-state index < -0.39 is 4.92 Å². The molecule has 1 aromatic rings. The highest BCUT2D eigenvalue weighted by molar-refractivity contribution is 5.26. The SMILES string of the molecule is O=[N+]([O-])c1ccc(CCN2CCOCC2)nc1. The Labute approximate surface area is 99.4 Å². The largest absolute Gasteiger partial charge is 0.379 e. The van der Waals surface area contributed by atoms with E-state index in [4.69, 9.17) is 4.74 Å². The van der Waals surface area contributed by atoms with Crippen LogP contribution in [0.3, 0.4) is 0 Å². The second-order valence-electron chi connectivity index (χ2n) is 3.97. The van der Waals surface area contributed by atoms with Crippen LogP contribution < -0.4 is 0 Å². The predicted molar refractivity (Wildman–Crippen MR) is 61.9 cm³/mol. The Bertz CT molecular complexity index is 374. The van der Waals surface area contributed by atoms with Crippen LogP contribution in [0.1, 0.15) is 5.69 Å². The van der Waals surface area contributed by atoms with Crippen molar-refractivity contribution < 1.29 is 9.66 Å². The molecule has 0 aromatic carbocycles. The van der Waals surface area contributed by atoms with Crippen molar-refractivity contribution in [1.29, 1.82) is 0 Å². The fourth-order valence-electron chi connectivity index (χ4n) is 1.77. The number of pyridine rings is 1. The zero-order chi connectivity index (χ0) is 12.1. The molecule has 1 saturated heterocycles. The van der Waals surface area contributed by atoms with Crippen molar-refractivity contribution in [1.82, 2.24) is 9.88 Å². The van der Waals surface area contributed by atoms with Gasteiger partial charge in [-0.3, -0.25) is 20.0 Å². The minimum atomic E-state index is -0.432. The van der Waals surface area contributed by atoms with Crippen molar-refractivity contribution in [2.75, 3.05) is 32.8 Å². The predicted octanol–water partition coefficient (Wildman–Crippen LogP) is 0.864. The molecule has 0 saturated carbocycles. The molecular weight excluding hydrogens is 222 g/mol. The van der Waals surface area contributed by atoms with Gasteiger partial charge in [0.2, 0.25) is 0 Å². The molecule has 1 aromatic heterocycles. The molecule has 92 valence electrons. The summed E-state index contributed by atoms with van der Waals surface area (Å²) < 4.78 is 5.26. The van der Waals surface area contributed by atoms with Gasteiger partial charge < -0.3 is 4.74 Å². The lowest BCUT2D eigenvalue weighted by Crippen LogP contribution is -2.37. The fourth-order valence-corrected chi connectivity index (χ4v) is 1.77. The maximum atomic E-state index is 10.5. The van der Waals surface area contributed by atoms with Gasteiger partial charge >= 0.3 is 0 Å². The molecule has 1 fully saturated rings. The molecular formula is C11H15N3O3. The first-order chi connectivity index (χ1) is 8.25. The summed E-state index contributed by atoms with van der Waals surface area (Å²) in [5, 5.41) is 10.5. The van der Waals surface area contributed by atoms with Crippen molar-refractivity contribution in [3.05, 3.63) is 34.1 Å². The summed E-state index contributed by atoms with van der Waals surface area (Å²) in [5.74, 6) is 0. The molecule has 0 bridgehead atoms. The van der Waals surface area contributed by atoms with Gasteiger partial charge in [0, 0.05) is 37.8 Å². The van der Waals surface area contributed by atoms with Gasteiger partial charge in [-0.25, -0.2) is 0 Å². The minimum Gasteiger partial charge on any atom is -0.379 e. The Morgan fingerprint density at radius 3 is 2.76 bits per heavy atom. The Balaban J connectivity index is 1.84. The van der Waals surface area contributed by atoms with E-state index in [2.05, 4.69) is 9.88 Å². The molecule has 0 radical (unpaired) electrons. The summed E-state index contributed by atoms with van der Waals surface area (Å²) in [6, 6.07) is 3.22. The molecule has 6 nitrogen and oxygen atoms in total. The van der Waals surface area contributed by atoms with Crippen LogP contribution in [0.2, 0.25) is 0 Å². The number of nitro groups is 1. The third kappa shape index (κ3) is 3.47. The van der Waals surface area contributed by atoms with Gasteiger partial charge in [-0.15, -0.1) is 0 Å². The zero-order valence-corrected chi connectivity index (χ0v) is 9.54. The maximum Gasteiger partial charge on any atom is 0.287 e. The number of hydrogen-bond donors (Lipinski definition) is 0. The normalized spacial score (nSPS) is 16.9. The Morgan fingerprint density at radius 2 is 2.18 bits per heavy atom. The highest BCUT2D eigenvalue weighted by atomic mass is 16.6. The Hall–Kier alpha value is -1.53. The molecule has 0 N–H and O–H groups in total. The summed E-state index contributed by atoms with van der Waals surface area (Å²) in [7, 11) is 0. The number of morpholine rings is 1. The smallest absolute Gasteiger partial charge is 0.287 e. The van der Waals surface area contributed by atoms with Crippen LogP contribution >= 0.6 is 0 Å². The van der Waals surface area contributed by atoms with Crippen molar-refractivity contribution in [3.8, 4) is 0 Å². The second-order valence-corrected chi connectivity index (χ2v) is 3.97. The number of nitrogens with zero attached hydrogens (tertiary/aromatic N) is 3. The van der Waals surface area contributed by atoms with Crippen LogP contribution in [0.5, 0.6) is 0 Å². The van der Waals surface area contributed by atoms with E-state index in [1.54, 1.807) is 6.07 Å². The van der Waals surface area contributed by atoms with Gasteiger partial charge in [0.15, 0.2) is 0 Å². The van der Waals surface area contributed by atoms with E-state index >= 15 is 0 Å². The van der Waals surface area contributed by atoms with Crippen molar-refractivity contribution >= 4 is 5.69 Å². The van der Waals surface area contributed by atoms with E-state index in [1.807, 2.05) is 0 Å². The third-order valence-electron chi connectivity index (χ3n) is 2.81. The minimum absolute atomic E-state index is 0.0418. The molecule has 0 unspecified atom stereocenters. The van der Waals surface area contributed by atoms with Crippen LogP contribution in [0.25, 0.3) is 0 Å². The van der Waals surface area contributed by atoms with Gasteiger partial charge in [0.05, 0.1) is 18.1 Å². The van der Waals surface area contributed by atoms with E-state index in [0.29, 0.717) is 0 Å². The lowest BCUT2D eigenvalue weighted by Gasteiger charge is -2.26. The molecule has 2 rings (SSSR count). The Kier molecular flexibility index (Phi) is 4.00. The second kappa shape index (κ2) is 5.70. The van der Waals surface area contributed by atoms with E-state index in [-0.39, 0.29) is 5.69 Å². The average Bonchev–Trinajstić information content (AvgIpc) is 2.38. The summed E-state index contributed by atoms with van der Waals surface area (Å²) in [5.41, 5.74) is 0.933. The van der Waals surface area contributed by atoms with Crippen LogP contribution in [0.4, 0.5) is 5.69 Å². The van der Waals surface area contributed by atoms with Gasteiger partial charge in [0.1, 0.15) is 6.20 Å². The highest BCUT2D eigenvalue weighted by Crippen LogP contribution is 2.09. The van der Waals surface area contributed by atoms with Crippen LogP contribution in [0.15, 0.2) is 18.3 Å². The van der Waals surface area contributed by atoms with E-state index in [1.165, 1.54) is 12.3 Å². The number of rotatable bonds is 4. The average molecular weight is 237 g/mol. The molecule has 0 atom stereocenters. The molecule has 0 aliphatic carbocycles. The van der Waals surface area contributed by atoms with Crippen LogP contribution in [-0.4, -0.2) is 47.7 Å². The van der Waals surface area contributed by atoms with Crippen molar-refractivity contribution in [2.24, 2.45) is 0 Å². The molecule has 0 amide bonds. The first kappa shape index (κ1) is 11.9. The summed E-state index contributed by atoms with van der Waals surface area (Å²) >= 11 is 0. The number of ether oxygens (including phenoxy) is 1. The number of aromatic nitrogens is 1. The summed E-state index contributed by atoms with van der Waals surface area (Å²) in [6.45, 7) is 4.40. The van der Waals surface area contributed by atoms with Crippen LogP contribution in [-0.2, 0) is 11.2 Å². The first-order valence-corrected chi connectivity index (χ1v) is 5.65.